The van der Waals surface area contributed by atoms with Crippen molar-refractivity contribution in [1.82, 2.24) is 9.97 Å². The standard InChI is InChI=1S/C20H25BrN4O3/c21-12-3-1-11(2-4-12)15-8-16(24-20(22)23-15)14-7-13(5-6-17(14)26)25-9-18(27)19(28)10-25/h5-8,11-12,18-19,26-28H,1-4,9-10H2,(H2,22,23,24)/t11?,12?,18-,19-/m0/s1. The molecule has 1 aliphatic carbocycles. The van der Waals surface area contributed by atoms with Crippen LogP contribution in [0.1, 0.15) is 37.3 Å². The average Bonchev–Trinajstić information content (AvgIpc) is 3.01. The first-order valence-electron chi connectivity index (χ1n) is 9.63. The van der Waals surface area contributed by atoms with Gasteiger partial charge in [-0.3, -0.25) is 0 Å². The second-order valence-corrected chi connectivity index (χ2v) is 9.02. The molecule has 0 unspecified atom stereocenters. The van der Waals surface area contributed by atoms with Crippen LogP contribution in [0, 0.1) is 0 Å². The Morgan fingerprint density at radius 1 is 1.00 bits per heavy atom. The van der Waals surface area contributed by atoms with Crippen molar-refractivity contribution in [3.05, 3.63) is 30.0 Å². The van der Waals surface area contributed by atoms with Gasteiger partial charge in [-0.1, -0.05) is 15.9 Å². The van der Waals surface area contributed by atoms with E-state index in [0.717, 1.165) is 37.1 Å². The smallest absolute Gasteiger partial charge is 0.220 e. The minimum atomic E-state index is -0.775. The number of aromatic nitrogens is 2. The number of hydrogen-bond acceptors (Lipinski definition) is 7. The second kappa shape index (κ2) is 7.85. The van der Waals surface area contributed by atoms with Crippen molar-refractivity contribution < 1.29 is 15.3 Å². The van der Waals surface area contributed by atoms with Crippen LogP contribution in [0.5, 0.6) is 5.75 Å². The second-order valence-electron chi connectivity index (χ2n) is 7.73. The van der Waals surface area contributed by atoms with Gasteiger partial charge < -0.3 is 26.0 Å². The summed E-state index contributed by atoms with van der Waals surface area (Å²) in [6.45, 7) is 0.691. The van der Waals surface area contributed by atoms with E-state index in [1.54, 1.807) is 12.1 Å². The quantitative estimate of drug-likeness (QED) is 0.532. The van der Waals surface area contributed by atoms with Crippen LogP contribution in [0.3, 0.4) is 0 Å². The van der Waals surface area contributed by atoms with Crippen molar-refractivity contribution in [2.45, 2.75) is 48.6 Å². The van der Waals surface area contributed by atoms with Crippen molar-refractivity contribution in [3.63, 3.8) is 0 Å². The zero-order valence-corrected chi connectivity index (χ0v) is 17.1. The summed E-state index contributed by atoms with van der Waals surface area (Å²) in [5.74, 6) is 0.648. The van der Waals surface area contributed by atoms with Crippen LogP contribution in [-0.2, 0) is 0 Å². The van der Waals surface area contributed by atoms with Gasteiger partial charge >= 0.3 is 0 Å². The van der Waals surface area contributed by atoms with Gasteiger partial charge in [0.15, 0.2) is 0 Å². The van der Waals surface area contributed by atoms with Gasteiger partial charge in [0.25, 0.3) is 0 Å². The molecule has 1 aromatic carbocycles. The predicted molar refractivity (Wildman–Crippen MR) is 112 cm³/mol. The summed E-state index contributed by atoms with van der Waals surface area (Å²) in [7, 11) is 0. The van der Waals surface area contributed by atoms with Crippen LogP contribution in [0.25, 0.3) is 11.3 Å². The van der Waals surface area contributed by atoms with E-state index in [1.165, 1.54) is 0 Å². The number of aromatic hydroxyl groups is 1. The summed E-state index contributed by atoms with van der Waals surface area (Å²) in [6.07, 6.45) is 2.74. The van der Waals surface area contributed by atoms with Crippen LogP contribution in [0.15, 0.2) is 24.3 Å². The summed E-state index contributed by atoms with van der Waals surface area (Å²) in [4.78, 5) is 11.3. The predicted octanol–water partition coefficient (Wildman–Crippen LogP) is 2.39. The lowest BCUT2D eigenvalue weighted by Gasteiger charge is -2.25. The van der Waals surface area contributed by atoms with Gasteiger partial charge in [-0.05, 0) is 49.9 Å². The normalized spacial score (nSPS) is 27.9. The molecule has 2 fully saturated rings. The van der Waals surface area contributed by atoms with Crippen molar-refractivity contribution in [1.29, 1.82) is 0 Å². The molecular formula is C20H25BrN4O3. The molecule has 28 heavy (non-hydrogen) atoms. The molecule has 2 heterocycles. The molecule has 5 N–H and O–H groups in total. The monoisotopic (exact) mass is 448 g/mol. The van der Waals surface area contributed by atoms with E-state index < -0.39 is 12.2 Å². The van der Waals surface area contributed by atoms with Crippen LogP contribution in [0.4, 0.5) is 11.6 Å². The summed E-state index contributed by atoms with van der Waals surface area (Å²) in [6, 6.07) is 7.12. The number of nitrogens with zero attached hydrogens (tertiary/aromatic N) is 3. The summed E-state index contributed by atoms with van der Waals surface area (Å²) < 4.78 is 0. The number of β-amino-alcohol motifs (C(OH)–C–C–N with tert-alkyl or cyclic N) is 2. The molecule has 7 nitrogen and oxygen atoms in total. The highest BCUT2D eigenvalue weighted by Gasteiger charge is 2.30. The fourth-order valence-electron chi connectivity index (χ4n) is 4.09. The number of nitrogens with two attached hydrogens (primary N) is 1. The Balaban J connectivity index is 1.66. The van der Waals surface area contributed by atoms with Crippen LogP contribution >= 0.6 is 15.9 Å². The lowest BCUT2D eigenvalue weighted by atomic mass is 9.86. The molecule has 0 spiro atoms. The van der Waals surface area contributed by atoms with Crippen LogP contribution in [-0.4, -0.2) is 55.4 Å². The Kier molecular flexibility index (Phi) is 5.44. The fraction of sp³-hybridized carbons (Fsp3) is 0.500. The third-order valence-electron chi connectivity index (χ3n) is 5.72. The molecule has 2 aromatic rings. The SMILES string of the molecule is Nc1nc(-c2cc(N3C[C@H](O)[C@@H](O)C3)ccc2O)cc(C2CCC(Br)CC2)n1. The largest absolute Gasteiger partial charge is 0.507 e. The van der Waals surface area contributed by atoms with E-state index in [4.69, 9.17) is 5.73 Å². The number of rotatable bonds is 3. The van der Waals surface area contributed by atoms with Gasteiger partial charge in [0.05, 0.1) is 17.9 Å². The molecule has 2 atom stereocenters. The number of benzene rings is 1. The van der Waals surface area contributed by atoms with Gasteiger partial charge in [0.1, 0.15) is 5.75 Å². The van der Waals surface area contributed by atoms with Crippen molar-refractivity contribution in [2.24, 2.45) is 0 Å². The average molecular weight is 449 g/mol. The van der Waals surface area contributed by atoms with Gasteiger partial charge in [-0.15, -0.1) is 0 Å². The van der Waals surface area contributed by atoms with Crippen LogP contribution in [0.2, 0.25) is 0 Å². The van der Waals surface area contributed by atoms with E-state index in [-0.39, 0.29) is 11.7 Å². The molecule has 150 valence electrons. The molecule has 4 rings (SSSR count). The number of anilines is 2. The number of aliphatic hydroxyl groups excluding tert-OH is 2. The number of aliphatic hydroxyl groups is 2. The molecular weight excluding hydrogens is 424 g/mol. The summed E-state index contributed by atoms with van der Waals surface area (Å²) >= 11 is 3.68. The lowest BCUT2D eigenvalue weighted by molar-refractivity contribution is 0.0572. The minimum Gasteiger partial charge on any atom is -0.507 e. The van der Waals surface area contributed by atoms with E-state index in [1.807, 2.05) is 17.0 Å². The zero-order valence-electron chi connectivity index (χ0n) is 15.5. The Labute approximate surface area is 172 Å². The fourth-order valence-corrected chi connectivity index (χ4v) is 4.62. The maximum atomic E-state index is 10.4. The Morgan fingerprint density at radius 2 is 1.68 bits per heavy atom. The first kappa shape index (κ1) is 19.4. The third kappa shape index (κ3) is 3.94. The molecule has 2 aliphatic rings. The molecule has 1 aromatic heterocycles. The molecule has 1 saturated heterocycles. The molecule has 1 saturated carbocycles. The highest BCUT2D eigenvalue weighted by molar-refractivity contribution is 9.09. The summed E-state index contributed by atoms with van der Waals surface area (Å²) in [5.41, 5.74) is 8.86. The number of phenolic OH excluding ortho intramolecular Hbond substituents is 1. The van der Waals surface area contributed by atoms with Crippen LogP contribution < -0.4 is 10.6 Å². The molecule has 0 radical (unpaired) electrons. The van der Waals surface area contributed by atoms with Crippen molar-refractivity contribution >= 4 is 27.6 Å². The highest BCUT2D eigenvalue weighted by atomic mass is 79.9. The third-order valence-corrected chi connectivity index (χ3v) is 6.63. The van der Waals surface area contributed by atoms with Crippen molar-refractivity contribution in [2.75, 3.05) is 23.7 Å². The van der Waals surface area contributed by atoms with E-state index >= 15 is 0 Å². The maximum absolute atomic E-state index is 10.4. The maximum Gasteiger partial charge on any atom is 0.220 e. The van der Waals surface area contributed by atoms with E-state index in [2.05, 4.69) is 25.9 Å². The molecule has 0 bridgehead atoms. The number of halogens is 1. The number of phenols is 1. The first-order valence-corrected chi connectivity index (χ1v) is 10.5. The highest BCUT2D eigenvalue weighted by Crippen LogP contribution is 2.38. The van der Waals surface area contributed by atoms with Gasteiger partial charge in [0.2, 0.25) is 5.95 Å². The Bertz CT molecular complexity index is 847. The first-order chi connectivity index (χ1) is 13.4. The molecule has 0 amide bonds. The number of hydrogen-bond donors (Lipinski definition) is 4. The molecule has 8 heteroatoms. The van der Waals surface area contributed by atoms with E-state index in [9.17, 15) is 15.3 Å². The van der Waals surface area contributed by atoms with Crippen molar-refractivity contribution in [3.8, 4) is 17.0 Å². The number of nitrogen functional groups attached to an aromatic ring is 1. The van der Waals surface area contributed by atoms with Gasteiger partial charge in [0, 0.05) is 40.8 Å². The molecule has 1 aliphatic heterocycles. The van der Waals surface area contributed by atoms with Gasteiger partial charge in [-0.2, -0.15) is 0 Å². The zero-order chi connectivity index (χ0) is 19.8. The summed E-state index contributed by atoms with van der Waals surface area (Å²) in [5, 5.41) is 30.1. The van der Waals surface area contributed by atoms with E-state index in [0.29, 0.717) is 35.1 Å². The lowest BCUT2D eigenvalue weighted by Crippen LogP contribution is -2.22. The minimum absolute atomic E-state index is 0.109. The van der Waals surface area contributed by atoms with Gasteiger partial charge in [-0.25, -0.2) is 9.97 Å². The Morgan fingerprint density at radius 3 is 2.36 bits per heavy atom. The topological polar surface area (TPSA) is 116 Å². The number of alkyl halides is 1. The Hall–Kier alpha value is -1.90.